The third kappa shape index (κ3) is 4.47. The molecule has 1 aliphatic heterocycles. The van der Waals surface area contributed by atoms with Crippen molar-refractivity contribution in [3.05, 3.63) is 52.0 Å². The molecule has 138 valence electrons. The van der Waals surface area contributed by atoms with Crippen LogP contribution < -0.4 is 10.6 Å². The van der Waals surface area contributed by atoms with E-state index in [-0.39, 0.29) is 18.4 Å². The molecule has 0 spiro atoms. The molecule has 1 saturated heterocycles. The van der Waals surface area contributed by atoms with Crippen molar-refractivity contribution in [2.24, 2.45) is 0 Å². The van der Waals surface area contributed by atoms with Gasteiger partial charge in [0, 0.05) is 18.3 Å². The highest BCUT2D eigenvalue weighted by Gasteiger charge is 2.35. The third-order valence-electron chi connectivity index (χ3n) is 4.23. The minimum atomic E-state index is -0.738. The fourth-order valence-corrected chi connectivity index (χ4v) is 3.76. The predicted molar refractivity (Wildman–Crippen MR) is 100.0 cm³/mol. The molecule has 26 heavy (non-hydrogen) atoms. The molecular weight excluding hydrogens is 350 g/mol. The Kier molecular flexibility index (Phi) is 6.00. The molecule has 0 aliphatic carbocycles. The monoisotopic (exact) mass is 373 g/mol. The summed E-state index contributed by atoms with van der Waals surface area (Å²) in [5, 5.41) is 8.83. The summed E-state index contributed by atoms with van der Waals surface area (Å²) >= 11 is 1.61. The van der Waals surface area contributed by atoms with E-state index in [9.17, 15) is 9.59 Å². The first-order chi connectivity index (χ1) is 12.5. The Bertz CT molecular complexity index is 760. The van der Waals surface area contributed by atoms with Crippen LogP contribution >= 0.6 is 11.3 Å². The molecule has 0 radical (unpaired) electrons. The summed E-state index contributed by atoms with van der Waals surface area (Å²) in [5.41, 5.74) is 1.93. The quantitative estimate of drug-likeness (QED) is 0.813. The number of rotatable bonds is 6. The van der Waals surface area contributed by atoms with Gasteiger partial charge in [-0.1, -0.05) is 44.2 Å². The molecule has 7 heteroatoms. The first-order valence-corrected chi connectivity index (χ1v) is 9.60. The predicted octanol–water partition coefficient (Wildman–Crippen LogP) is 2.18. The fraction of sp³-hybridized carbons (Fsp3) is 0.421. The molecule has 2 aromatic rings. The lowest BCUT2D eigenvalue weighted by Crippen LogP contribution is -2.52. The van der Waals surface area contributed by atoms with E-state index >= 15 is 0 Å². The van der Waals surface area contributed by atoms with Crippen molar-refractivity contribution in [3.8, 4) is 0 Å². The number of carbonyl (C=O) groups excluding carboxylic acids is 2. The van der Waals surface area contributed by atoms with Gasteiger partial charge in [0.2, 0.25) is 5.91 Å². The Morgan fingerprint density at radius 3 is 2.85 bits per heavy atom. The summed E-state index contributed by atoms with van der Waals surface area (Å²) in [6, 6.07) is 8.92. The van der Waals surface area contributed by atoms with Gasteiger partial charge in [-0.25, -0.2) is 4.98 Å². The van der Waals surface area contributed by atoms with Crippen molar-refractivity contribution in [2.75, 3.05) is 13.2 Å². The molecule has 2 heterocycles. The van der Waals surface area contributed by atoms with Crippen LogP contribution in [0.15, 0.2) is 35.7 Å². The van der Waals surface area contributed by atoms with E-state index in [4.69, 9.17) is 4.74 Å². The molecule has 2 atom stereocenters. The lowest BCUT2D eigenvalue weighted by Gasteiger charge is -2.31. The summed E-state index contributed by atoms with van der Waals surface area (Å²) in [4.78, 5) is 28.9. The van der Waals surface area contributed by atoms with E-state index in [0.29, 0.717) is 18.9 Å². The van der Waals surface area contributed by atoms with E-state index < -0.39 is 12.1 Å². The molecule has 2 N–H and O–H groups in total. The van der Waals surface area contributed by atoms with Crippen molar-refractivity contribution in [2.45, 2.75) is 38.3 Å². The van der Waals surface area contributed by atoms with Gasteiger partial charge >= 0.3 is 0 Å². The highest BCUT2D eigenvalue weighted by Crippen LogP contribution is 2.22. The first-order valence-electron chi connectivity index (χ1n) is 8.72. The van der Waals surface area contributed by atoms with Crippen LogP contribution in [0.3, 0.4) is 0 Å². The topological polar surface area (TPSA) is 80.3 Å². The second-order valence-electron chi connectivity index (χ2n) is 6.55. The first kappa shape index (κ1) is 18.5. The van der Waals surface area contributed by atoms with Crippen LogP contribution in [0, 0.1) is 0 Å². The molecule has 1 aromatic carbocycles. The zero-order valence-corrected chi connectivity index (χ0v) is 15.7. The Hall–Kier alpha value is -2.25. The van der Waals surface area contributed by atoms with Crippen molar-refractivity contribution < 1.29 is 14.3 Å². The van der Waals surface area contributed by atoms with Crippen LogP contribution in [0.5, 0.6) is 0 Å². The van der Waals surface area contributed by atoms with Crippen molar-refractivity contribution in [1.29, 1.82) is 0 Å². The lowest BCUT2D eigenvalue weighted by molar-refractivity contribution is -0.148. The largest absolute Gasteiger partial charge is 0.356 e. The Morgan fingerprint density at radius 2 is 2.15 bits per heavy atom. The zero-order valence-electron chi connectivity index (χ0n) is 14.9. The summed E-state index contributed by atoms with van der Waals surface area (Å²) < 4.78 is 5.52. The molecular formula is C19H23N3O3S. The maximum Gasteiger partial charge on any atom is 0.251 e. The summed E-state index contributed by atoms with van der Waals surface area (Å²) in [5.74, 6) is -0.0353. The summed E-state index contributed by atoms with van der Waals surface area (Å²) in [6.07, 6.45) is -0.0595. The molecule has 0 saturated carbocycles. The van der Waals surface area contributed by atoms with Gasteiger partial charge in [-0.2, -0.15) is 0 Å². The minimum Gasteiger partial charge on any atom is -0.356 e. The number of aromatic nitrogens is 1. The van der Waals surface area contributed by atoms with Crippen LogP contribution in [0.2, 0.25) is 0 Å². The molecule has 3 rings (SSSR count). The zero-order chi connectivity index (χ0) is 18.5. The van der Waals surface area contributed by atoms with Crippen LogP contribution in [0.4, 0.5) is 0 Å². The van der Waals surface area contributed by atoms with E-state index in [0.717, 1.165) is 16.3 Å². The van der Waals surface area contributed by atoms with Crippen molar-refractivity contribution in [1.82, 2.24) is 15.6 Å². The maximum absolute atomic E-state index is 12.6. The van der Waals surface area contributed by atoms with Crippen LogP contribution in [-0.2, 0) is 20.7 Å². The average Bonchev–Trinajstić information content (AvgIpc) is 3.11. The molecule has 0 bridgehead atoms. The number of hydrogen-bond donors (Lipinski definition) is 2. The van der Waals surface area contributed by atoms with Gasteiger partial charge < -0.3 is 15.4 Å². The van der Waals surface area contributed by atoms with E-state index in [1.165, 1.54) is 0 Å². The van der Waals surface area contributed by atoms with Gasteiger partial charge in [0.05, 0.1) is 16.7 Å². The fourth-order valence-electron chi connectivity index (χ4n) is 2.80. The van der Waals surface area contributed by atoms with Gasteiger partial charge in [-0.15, -0.1) is 11.3 Å². The number of benzene rings is 1. The smallest absolute Gasteiger partial charge is 0.251 e. The molecule has 1 fully saturated rings. The maximum atomic E-state index is 12.6. The highest BCUT2D eigenvalue weighted by atomic mass is 32.1. The Morgan fingerprint density at radius 1 is 1.38 bits per heavy atom. The van der Waals surface area contributed by atoms with Gasteiger partial charge in [0.1, 0.15) is 6.61 Å². The number of thiazole rings is 1. The lowest BCUT2D eigenvalue weighted by atomic mass is 9.99. The SMILES string of the molecule is CC(C)c1csc(CCNC(=O)[C@H]2OCC(=O)N[C@@H]2c2ccccc2)n1. The summed E-state index contributed by atoms with van der Waals surface area (Å²) in [7, 11) is 0. The standard InChI is InChI=1S/C19H23N3O3S/c1-12(2)14-11-26-16(21-14)8-9-20-19(24)18-17(22-15(23)10-25-18)13-6-4-3-5-7-13/h3-7,11-12,17-18H,8-10H2,1-2H3,(H,20,24)(H,22,23)/t17-,18+/m1/s1. The normalized spacial score (nSPS) is 20.0. The number of ether oxygens (including phenoxy) is 1. The molecule has 0 unspecified atom stereocenters. The number of nitrogens with one attached hydrogen (secondary N) is 2. The number of hydrogen-bond acceptors (Lipinski definition) is 5. The Labute approximate surface area is 157 Å². The Balaban J connectivity index is 1.59. The second-order valence-corrected chi connectivity index (χ2v) is 7.49. The number of morpholine rings is 1. The minimum absolute atomic E-state index is 0.106. The molecule has 1 aliphatic rings. The van der Waals surface area contributed by atoms with Gasteiger partial charge in [0.25, 0.3) is 5.91 Å². The molecule has 2 amide bonds. The molecule has 1 aromatic heterocycles. The number of carbonyl (C=O) groups is 2. The number of amides is 2. The van der Waals surface area contributed by atoms with E-state index in [1.54, 1.807) is 11.3 Å². The van der Waals surface area contributed by atoms with Crippen molar-refractivity contribution >= 4 is 23.2 Å². The van der Waals surface area contributed by atoms with Gasteiger partial charge in [0.15, 0.2) is 6.10 Å². The average molecular weight is 373 g/mol. The summed E-state index contributed by atoms with van der Waals surface area (Å²) in [6.45, 7) is 4.60. The van der Waals surface area contributed by atoms with E-state index in [2.05, 4.69) is 34.8 Å². The van der Waals surface area contributed by atoms with Crippen LogP contribution in [-0.4, -0.2) is 36.1 Å². The van der Waals surface area contributed by atoms with Gasteiger partial charge in [-0.05, 0) is 11.5 Å². The van der Waals surface area contributed by atoms with Crippen LogP contribution in [0.1, 0.15) is 42.1 Å². The third-order valence-corrected chi connectivity index (χ3v) is 5.16. The van der Waals surface area contributed by atoms with E-state index in [1.807, 2.05) is 30.3 Å². The molecule has 6 nitrogen and oxygen atoms in total. The number of nitrogens with zero attached hydrogens (tertiary/aromatic N) is 1. The van der Waals surface area contributed by atoms with Crippen molar-refractivity contribution in [3.63, 3.8) is 0 Å². The highest BCUT2D eigenvalue weighted by molar-refractivity contribution is 7.09. The van der Waals surface area contributed by atoms with Crippen LogP contribution in [0.25, 0.3) is 0 Å². The van der Waals surface area contributed by atoms with Gasteiger partial charge in [-0.3, -0.25) is 9.59 Å². The second kappa shape index (κ2) is 8.42.